The molecule has 2 unspecified atom stereocenters. The molecule has 2 atom stereocenters. The number of furan rings is 1. The van der Waals surface area contributed by atoms with Gasteiger partial charge >= 0.3 is 0 Å². The number of aryl methyl sites for hydroxylation is 1. The lowest BCUT2D eigenvalue weighted by Crippen LogP contribution is -2.22. The van der Waals surface area contributed by atoms with Crippen LogP contribution in [-0.2, 0) is 6.42 Å². The molecule has 4 heteroatoms. The van der Waals surface area contributed by atoms with Crippen molar-refractivity contribution in [1.29, 1.82) is 0 Å². The van der Waals surface area contributed by atoms with E-state index in [2.05, 4.69) is 43.2 Å². The minimum atomic E-state index is 0.159. The van der Waals surface area contributed by atoms with Crippen LogP contribution in [0.3, 0.4) is 0 Å². The number of aromatic nitrogens is 1. The van der Waals surface area contributed by atoms with Gasteiger partial charge in [0, 0.05) is 22.5 Å². The average molecular weight is 300 g/mol. The predicted molar refractivity (Wildman–Crippen MR) is 87.7 cm³/mol. The predicted octanol–water partition coefficient (Wildman–Crippen LogP) is 4.86. The summed E-state index contributed by atoms with van der Waals surface area (Å²) in [7, 11) is 0. The monoisotopic (exact) mass is 300 g/mol. The van der Waals surface area contributed by atoms with Crippen LogP contribution in [0.25, 0.3) is 11.0 Å². The molecule has 2 heterocycles. The molecule has 1 aromatic carbocycles. The van der Waals surface area contributed by atoms with E-state index in [0.29, 0.717) is 0 Å². The third kappa shape index (κ3) is 2.74. The number of hydrogen-bond acceptors (Lipinski definition) is 4. The van der Waals surface area contributed by atoms with Crippen molar-refractivity contribution in [2.24, 2.45) is 0 Å². The van der Waals surface area contributed by atoms with Crippen LogP contribution in [0, 0.1) is 0 Å². The van der Waals surface area contributed by atoms with Crippen LogP contribution in [0.1, 0.15) is 49.2 Å². The number of nitrogens with zero attached hydrogens (tertiary/aromatic N) is 1. The van der Waals surface area contributed by atoms with Gasteiger partial charge in [-0.3, -0.25) is 5.32 Å². The van der Waals surface area contributed by atoms with Crippen molar-refractivity contribution in [3.05, 3.63) is 52.2 Å². The van der Waals surface area contributed by atoms with Crippen LogP contribution in [0.15, 0.2) is 40.3 Å². The van der Waals surface area contributed by atoms with Crippen molar-refractivity contribution >= 4 is 22.3 Å². The van der Waals surface area contributed by atoms with Crippen molar-refractivity contribution in [3.8, 4) is 0 Å². The van der Waals surface area contributed by atoms with Crippen LogP contribution < -0.4 is 5.32 Å². The number of para-hydroxylation sites is 1. The molecule has 110 valence electrons. The first-order valence-corrected chi connectivity index (χ1v) is 8.24. The summed E-state index contributed by atoms with van der Waals surface area (Å²) in [5.74, 6) is 1.04. The second kappa shape index (κ2) is 6.00. The molecule has 0 saturated carbocycles. The molecular formula is C17H20N2OS. The van der Waals surface area contributed by atoms with Gasteiger partial charge in [0.05, 0.1) is 12.1 Å². The maximum Gasteiger partial charge on any atom is 0.134 e. The van der Waals surface area contributed by atoms with Gasteiger partial charge in [0.2, 0.25) is 0 Å². The van der Waals surface area contributed by atoms with E-state index in [9.17, 15) is 0 Å². The minimum absolute atomic E-state index is 0.159. The van der Waals surface area contributed by atoms with Gasteiger partial charge in [-0.05, 0) is 26.3 Å². The molecule has 21 heavy (non-hydrogen) atoms. The Balaban J connectivity index is 1.89. The summed E-state index contributed by atoms with van der Waals surface area (Å²) in [6, 6.07) is 8.64. The summed E-state index contributed by atoms with van der Waals surface area (Å²) in [4.78, 5) is 4.37. The Hall–Kier alpha value is -1.65. The molecule has 0 fully saturated rings. The molecular weight excluding hydrogens is 280 g/mol. The fourth-order valence-electron chi connectivity index (χ4n) is 2.80. The lowest BCUT2D eigenvalue weighted by atomic mass is 10.0. The highest BCUT2D eigenvalue weighted by Crippen LogP contribution is 2.31. The lowest BCUT2D eigenvalue weighted by Gasteiger charge is -2.17. The van der Waals surface area contributed by atoms with Crippen molar-refractivity contribution < 1.29 is 4.42 Å². The third-order valence-electron chi connectivity index (χ3n) is 3.80. The van der Waals surface area contributed by atoms with E-state index < -0.39 is 0 Å². The van der Waals surface area contributed by atoms with Gasteiger partial charge in [0.15, 0.2) is 0 Å². The molecule has 0 aliphatic carbocycles. The van der Waals surface area contributed by atoms with Gasteiger partial charge < -0.3 is 4.42 Å². The fraction of sp³-hybridized carbons (Fsp3) is 0.353. The first kappa shape index (κ1) is 14.3. The van der Waals surface area contributed by atoms with Crippen LogP contribution in [0.2, 0.25) is 0 Å². The standard InChI is InChI=1S/C17H20N2OS/c1-4-13-14-7-5-6-8-15(14)20-16(13)11(2)19-12(3)17-18-9-10-21-17/h5-12,19H,4H2,1-3H3. The Labute approximate surface area is 129 Å². The Bertz CT molecular complexity index is 718. The van der Waals surface area contributed by atoms with E-state index >= 15 is 0 Å². The van der Waals surface area contributed by atoms with Gasteiger partial charge in [0.1, 0.15) is 16.4 Å². The highest BCUT2D eigenvalue weighted by Gasteiger charge is 2.20. The number of rotatable bonds is 5. The van der Waals surface area contributed by atoms with E-state index in [1.54, 1.807) is 11.3 Å². The quantitative estimate of drug-likeness (QED) is 0.731. The van der Waals surface area contributed by atoms with E-state index in [1.807, 2.05) is 23.7 Å². The zero-order chi connectivity index (χ0) is 14.8. The molecule has 0 aliphatic heterocycles. The molecule has 0 aliphatic rings. The van der Waals surface area contributed by atoms with Crippen molar-refractivity contribution in [2.45, 2.75) is 39.3 Å². The van der Waals surface area contributed by atoms with E-state index in [0.717, 1.165) is 22.8 Å². The average Bonchev–Trinajstić information content (AvgIpc) is 3.14. The van der Waals surface area contributed by atoms with Crippen molar-refractivity contribution in [2.75, 3.05) is 0 Å². The fourth-order valence-corrected chi connectivity index (χ4v) is 3.46. The molecule has 2 aromatic heterocycles. The maximum absolute atomic E-state index is 6.09. The summed E-state index contributed by atoms with van der Waals surface area (Å²) in [6.07, 6.45) is 2.82. The van der Waals surface area contributed by atoms with Gasteiger partial charge in [-0.25, -0.2) is 4.98 Å². The van der Waals surface area contributed by atoms with Gasteiger partial charge in [-0.1, -0.05) is 25.1 Å². The maximum atomic E-state index is 6.09. The largest absolute Gasteiger partial charge is 0.459 e. The molecule has 0 amide bonds. The number of benzene rings is 1. The van der Waals surface area contributed by atoms with E-state index in [4.69, 9.17) is 4.42 Å². The summed E-state index contributed by atoms with van der Waals surface area (Å²) < 4.78 is 6.09. The second-order valence-corrected chi connectivity index (χ2v) is 6.20. The molecule has 0 bridgehead atoms. The Morgan fingerprint density at radius 1 is 1.24 bits per heavy atom. The topological polar surface area (TPSA) is 38.1 Å². The molecule has 0 radical (unpaired) electrons. The Kier molecular flexibility index (Phi) is 4.08. The van der Waals surface area contributed by atoms with E-state index in [-0.39, 0.29) is 12.1 Å². The van der Waals surface area contributed by atoms with Gasteiger partial charge in [-0.15, -0.1) is 11.3 Å². The smallest absolute Gasteiger partial charge is 0.134 e. The second-order valence-electron chi connectivity index (χ2n) is 5.27. The van der Waals surface area contributed by atoms with Crippen molar-refractivity contribution in [1.82, 2.24) is 10.3 Å². The highest BCUT2D eigenvalue weighted by atomic mass is 32.1. The van der Waals surface area contributed by atoms with Crippen molar-refractivity contribution in [3.63, 3.8) is 0 Å². The SMILES string of the molecule is CCc1c(C(C)NC(C)c2nccs2)oc2ccccc12. The number of hydrogen-bond donors (Lipinski definition) is 1. The van der Waals surface area contributed by atoms with Crippen LogP contribution in [0.5, 0.6) is 0 Å². The van der Waals surface area contributed by atoms with Crippen LogP contribution in [0.4, 0.5) is 0 Å². The zero-order valence-electron chi connectivity index (χ0n) is 12.6. The van der Waals surface area contributed by atoms with E-state index in [1.165, 1.54) is 10.9 Å². The number of fused-ring (bicyclic) bond motifs is 1. The Morgan fingerprint density at radius 2 is 2.05 bits per heavy atom. The molecule has 3 rings (SSSR count). The highest BCUT2D eigenvalue weighted by molar-refractivity contribution is 7.09. The number of nitrogens with one attached hydrogen (secondary N) is 1. The molecule has 3 nitrogen and oxygen atoms in total. The summed E-state index contributed by atoms with van der Waals surface area (Å²) in [6.45, 7) is 6.47. The summed E-state index contributed by atoms with van der Waals surface area (Å²) >= 11 is 1.68. The molecule has 3 aromatic rings. The molecule has 0 spiro atoms. The lowest BCUT2D eigenvalue weighted by molar-refractivity contribution is 0.413. The Morgan fingerprint density at radius 3 is 2.76 bits per heavy atom. The summed E-state index contributed by atoms with van der Waals surface area (Å²) in [5.41, 5.74) is 2.27. The normalized spacial score (nSPS) is 14.4. The minimum Gasteiger partial charge on any atom is -0.459 e. The van der Waals surface area contributed by atoms with Gasteiger partial charge in [-0.2, -0.15) is 0 Å². The van der Waals surface area contributed by atoms with Gasteiger partial charge in [0.25, 0.3) is 0 Å². The first-order chi connectivity index (χ1) is 10.2. The number of thiazole rings is 1. The summed E-state index contributed by atoms with van der Waals surface area (Å²) in [5, 5.41) is 7.93. The molecule has 0 saturated heterocycles. The first-order valence-electron chi connectivity index (χ1n) is 7.36. The zero-order valence-corrected chi connectivity index (χ0v) is 13.4. The molecule has 1 N–H and O–H groups in total. The third-order valence-corrected chi connectivity index (χ3v) is 4.76. The van der Waals surface area contributed by atoms with Crippen LogP contribution in [-0.4, -0.2) is 4.98 Å². The van der Waals surface area contributed by atoms with Crippen LogP contribution >= 0.6 is 11.3 Å².